The number of nitrogens with one attached hydrogen (secondary N) is 1. The van der Waals surface area contributed by atoms with Gasteiger partial charge < -0.3 is 15.2 Å². The molecule has 0 aliphatic carbocycles. The van der Waals surface area contributed by atoms with Crippen molar-refractivity contribution in [1.29, 1.82) is 0 Å². The molecule has 3 aromatic rings. The molecule has 3 aromatic carbocycles. The number of carbonyl (C=O) groups excluding carboxylic acids is 2. The molecular formula is C30H32FNO4. The molecular weight excluding hydrogens is 457 g/mol. The molecule has 188 valence electrons. The number of aliphatic carboxylic acids is 1. The number of halogens is 1. The monoisotopic (exact) mass is 489 g/mol. The van der Waals surface area contributed by atoms with Crippen LogP contribution in [0.25, 0.3) is 11.1 Å². The van der Waals surface area contributed by atoms with E-state index in [9.17, 15) is 19.5 Å². The highest BCUT2D eigenvalue weighted by Gasteiger charge is 2.26. The van der Waals surface area contributed by atoms with Gasteiger partial charge in [-0.15, -0.1) is 0 Å². The van der Waals surface area contributed by atoms with Crippen LogP contribution in [-0.4, -0.2) is 29.3 Å². The maximum atomic E-state index is 15.2. The number of benzene rings is 3. The molecule has 0 heterocycles. The highest BCUT2D eigenvalue weighted by atomic mass is 19.1. The summed E-state index contributed by atoms with van der Waals surface area (Å²) in [5.41, 5.74) is 5.39. The van der Waals surface area contributed by atoms with Crippen LogP contribution in [0.15, 0.2) is 66.7 Å². The van der Waals surface area contributed by atoms with Gasteiger partial charge in [0.25, 0.3) is 0 Å². The quantitative estimate of drug-likeness (QED) is 0.343. The third kappa shape index (κ3) is 6.87. The van der Waals surface area contributed by atoms with E-state index in [0.717, 1.165) is 22.3 Å². The van der Waals surface area contributed by atoms with Gasteiger partial charge in [0.2, 0.25) is 5.91 Å². The third-order valence-corrected chi connectivity index (χ3v) is 6.69. The second kappa shape index (κ2) is 12.2. The largest absolute Gasteiger partial charge is 0.481 e. The summed E-state index contributed by atoms with van der Waals surface area (Å²) < 4.78 is 15.2. The standard InChI is InChI=1S/C30H32FNO4/c1-19-9-10-22(15-20(19)2)16-27(21(3)32-29(34)18-25(13-14-33)30(35)36)24-11-12-26(28(31)17-24)23-7-5-4-6-8-23/h4-12,14-15,17,21,25,27H,13,16,18H2,1-3H3,(H,32,34)(H,35,36)/t21?,25?,27-/m1/s1. The van der Waals surface area contributed by atoms with E-state index in [-0.39, 0.29) is 24.6 Å². The van der Waals surface area contributed by atoms with Gasteiger partial charge in [0.15, 0.2) is 0 Å². The first kappa shape index (κ1) is 26.8. The molecule has 0 fully saturated rings. The van der Waals surface area contributed by atoms with E-state index in [2.05, 4.69) is 11.4 Å². The van der Waals surface area contributed by atoms with Crippen molar-refractivity contribution in [3.8, 4) is 11.1 Å². The zero-order valence-electron chi connectivity index (χ0n) is 20.8. The average Bonchev–Trinajstić information content (AvgIpc) is 2.84. The highest BCUT2D eigenvalue weighted by Crippen LogP contribution is 2.30. The molecule has 0 radical (unpaired) electrons. The van der Waals surface area contributed by atoms with E-state index in [1.807, 2.05) is 69.3 Å². The van der Waals surface area contributed by atoms with Crippen molar-refractivity contribution in [1.82, 2.24) is 5.32 Å². The Kier molecular flexibility index (Phi) is 9.12. The smallest absolute Gasteiger partial charge is 0.307 e. The van der Waals surface area contributed by atoms with Gasteiger partial charge in [-0.2, -0.15) is 0 Å². The van der Waals surface area contributed by atoms with Crippen molar-refractivity contribution in [3.05, 3.63) is 94.8 Å². The number of carboxylic acids is 1. The summed E-state index contributed by atoms with van der Waals surface area (Å²) in [5, 5.41) is 12.2. The molecule has 0 aliphatic rings. The molecule has 3 rings (SSSR count). The van der Waals surface area contributed by atoms with Crippen molar-refractivity contribution in [2.24, 2.45) is 5.92 Å². The molecule has 0 saturated carbocycles. The van der Waals surface area contributed by atoms with Crippen LogP contribution in [-0.2, 0) is 20.8 Å². The molecule has 0 bridgehead atoms. The molecule has 2 N–H and O–H groups in total. The molecule has 6 heteroatoms. The van der Waals surface area contributed by atoms with E-state index in [0.29, 0.717) is 18.3 Å². The van der Waals surface area contributed by atoms with Gasteiger partial charge >= 0.3 is 5.97 Å². The predicted molar refractivity (Wildman–Crippen MR) is 138 cm³/mol. The Labute approximate surface area is 211 Å². The summed E-state index contributed by atoms with van der Waals surface area (Å²) in [6, 6.07) is 20.2. The number of carboxylic acid groups (broad SMARTS) is 1. The van der Waals surface area contributed by atoms with Crippen LogP contribution >= 0.6 is 0 Å². The maximum absolute atomic E-state index is 15.2. The summed E-state index contributed by atoms with van der Waals surface area (Å²) in [6.07, 6.45) is 0.546. The van der Waals surface area contributed by atoms with Gasteiger partial charge in [0.1, 0.15) is 12.1 Å². The van der Waals surface area contributed by atoms with Crippen molar-refractivity contribution >= 4 is 18.2 Å². The number of aldehydes is 1. The first-order valence-electron chi connectivity index (χ1n) is 12.1. The van der Waals surface area contributed by atoms with E-state index in [1.54, 1.807) is 6.07 Å². The third-order valence-electron chi connectivity index (χ3n) is 6.69. The summed E-state index contributed by atoms with van der Waals surface area (Å²) in [5.74, 6) is -3.32. The lowest BCUT2D eigenvalue weighted by Crippen LogP contribution is -2.39. The highest BCUT2D eigenvalue weighted by molar-refractivity contribution is 5.83. The zero-order chi connectivity index (χ0) is 26.2. The second-order valence-corrected chi connectivity index (χ2v) is 9.33. The van der Waals surface area contributed by atoms with Crippen LogP contribution in [0.1, 0.15) is 47.9 Å². The molecule has 0 spiro atoms. The lowest BCUT2D eigenvalue weighted by Gasteiger charge is -2.27. The Morgan fingerprint density at radius 1 is 1.00 bits per heavy atom. The molecule has 3 atom stereocenters. The summed E-state index contributed by atoms with van der Waals surface area (Å²) >= 11 is 0. The molecule has 36 heavy (non-hydrogen) atoms. The van der Waals surface area contributed by atoms with E-state index < -0.39 is 23.8 Å². The molecule has 5 nitrogen and oxygen atoms in total. The van der Waals surface area contributed by atoms with Crippen molar-refractivity contribution in [3.63, 3.8) is 0 Å². The zero-order valence-corrected chi connectivity index (χ0v) is 20.8. The van der Waals surface area contributed by atoms with Gasteiger partial charge in [-0.25, -0.2) is 4.39 Å². The first-order valence-corrected chi connectivity index (χ1v) is 12.1. The SMILES string of the molecule is Cc1ccc(C[C@@H](c2ccc(-c3ccccc3)c(F)c2)C(C)NC(=O)CC(CC=O)C(=O)O)cc1C. The Bertz CT molecular complexity index is 1220. The molecule has 0 aliphatic heterocycles. The minimum Gasteiger partial charge on any atom is -0.481 e. The van der Waals surface area contributed by atoms with Crippen molar-refractivity contribution in [2.75, 3.05) is 0 Å². The fraction of sp³-hybridized carbons (Fsp3) is 0.300. The van der Waals surface area contributed by atoms with Crippen molar-refractivity contribution in [2.45, 2.75) is 52.0 Å². The second-order valence-electron chi connectivity index (χ2n) is 9.33. The Balaban J connectivity index is 1.89. The number of hydrogen-bond donors (Lipinski definition) is 2. The first-order chi connectivity index (χ1) is 17.2. The number of carbonyl (C=O) groups is 3. The number of amides is 1. The Morgan fingerprint density at radius 3 is 2.33 bits per heavy atom. The topological polar surface area (TPSA) is 83.5 Å². The van der Waals surface area contributed by atoms with Gasteiger partial charge in [0, 0.05) is 30.4 Å². The molecule has 1 amide bonds. The van der Waals surface area contributed by atoms with Gasteiger partial charge in [-0.3, -0.25) is 9.59 Å². The van der Waals surface area contributed by atoms with Crippen LogP contribution in [0.5, 0.6) is 0 Å². The summed E-state index contributed by atoms with van der Waals surface area (Å²) in [4.78, 5) is 34.8. The van der Waals surface area contributed by atoms with Crippen LogP contribution in [0.4, 0.5) is 4.39 Å². The van der Waals surface area contributed by atoms with Crippen LogP contribution < -0.4 is 5.32 Å². The van der Waals surface area contributed by atoms with Gasteiger partial charge in [-0.1, -0.05) is 60.7 Å². The van der Waals surface area contributed by atoms with Gasteiger partial charge in [0.05, 0.1) is 5.92 Å². The lowest BCUT2D eigenvalue weighted by atomic mass is 9.85. The molecule has 2 unspecified atom stereocenters. The molecule has 0 saturated heterocycles. The molecule has 0 aromatic heterocycles. The summed E-state index contributed by atoms with van der Waals surface area (Å²) in [7, 11) is 0. The van der Waals surface area contributed by atoms with Crippen LogP contribution in [0.2, 0.25) is 0 Å². The number of aryl methyl sites for hydroxylation is 2. The number of hydrogen-bond acceptors (Lipinski definition) is 3. The lowest BCUT2D eigenvalue weighted by molar-refractivity contribution is -0.145. The van der Waals surface area contributed by atoms with E-state index >= 15 is 4.39 Å². The minimum atomic E-state index is -1.19. The minimum absolute atomic E-state index is 0.227. The van der Waals surface area contributed by atoms with Crippen LogP contribution in [0.3, 0.4) is 0 Å². The summed E-state index contributed by atoms with van der Waals surface area (Å²) in [6.45, 7) is 5.91. The van der Waals surface area contributed by atoms with Gasteiger partial charge in [-0.05, 0) is 61.1 Å². The van der Waals surface area contributed by atoms with Crippen molar-refractivity contribution < 1.29 is 23.9 Å². The normalized spacial score (nSPS) is 13.4. The number of rotatable bonds is 11. The fourth-order valence-electron chi connectivity index (χ4n) is 4.41. The Morgan fingerprint density at radius 2 is 1.72 bits per heavy atom. The van der Waals surface area contributed by atoms with E-state index in [1.165, 1.54) is 11.6 Å². The fourth-order valence-corrected chi connectivity index (χ4v) is 4.41. The maximum Gasteiger partial charge on any atom is 0.307 e. The Hall–Kier alpha value is -3.80. The predicted octanol–water partition coefficient (Wildman–Crippen LogP) is 5.62. The average molecular weight is 490 g/mol. The van der Waals surface area contributed by atoms with Crippen LogP contribution in [0, 0.1) is 25.6 Å². The van der Waals surface area contributed by atoms with E-state index in [4.69, 9.17) is 0 Å².